The van der Waals surface area contributed by atoms with Crippen molar-refractivity contribution in [1.29, 1.82) is 0 Å². The molecule has 0 radical (unpaired) electrons. The van der Waals surface area contributed by atoms with Crippen molar-refractivity contribution < 1.29 is 18.5 Å². The Hall–Kier alpha value is -3.41. The molecule has 0 saturated carbocycles. The van der Waals surface area contributed by atoms with E-state index in [4.69, 9.17) is 11.6 Å². The van der Waals surface area contributed by atoms with Crippen LogP contribution < -0.4 is 5.32 Å². The predicted molar refractivity (Wildman–Crippen MR) is 97.8 cm³/mol. The van der Waals surface area contributed by atoms with Crippen LogP contribution in [0.3, 0.4) is 0 Å². The number of hydrogen-bond acceptors (Lipinski definition) is 6. The van der Waals surface area contributed by atoms with Crippen LogP contribution in [0.2, 0.25) is 5.02 Å². The van der Waals surface area contributed by atoms with Crippen LogP contribution in [0.25, 0.3) is 0 Å². The SMILES string of the molecule is Cc1c([N+](=O)[O-])c(C(F)F)nn1CC(=O)Nc1ncn(Cc2ccc(Cl)cc2)n1. The summed E-state index contributed by atoms with van der Waals surface area (Å²) in [5.74, 6) is -0.673. The monoisotopic (exact) mass is 425 g/mol. The molecule has 0 fully saturated rings. The number of rotatable bonds is 7. The van der Waals surface area contributed by atoms with Crippen molar-refractivity contribution >= 4 is 29.1 Å². The van der Waals surface area contributed by atoms with E-state index in [9.17, 15) is 23.7 Å². The van der Waals surface area contributed by atoms with Gasteiger partial charge in [0.05, 0.1) is 11.5 Å². The van der Waals surface area contributed by atoms with Gasteiger partial charge in [0.1, 0.15) is 18.6 Å². The Morgan fingerprint density at radius 3 is 2.59 bits per heavy atom. The standard InChI is InChI=1S/C16H14ClF2N7O3/c1-9-14(26(28)29)13(15(18)19)22-25(9)7-12(27)21-16-20-8-24(23-16)6-10-2-4-11(17)5-3-10/h2-5,8,15H,6-7H2,1H3,(H,21,23,27). The molecule has 29 heavy (non-hydrogen) atoms. The van der Waals surface area contributed by atoms with E-state index >= 15 is 0 Å². The molecule has 3 aromatic rings. The average Bonchev–Trinajstić information content (AvgIpc) is 3.21. The molecule has 0 unspecified atom stereocenters. The summed E-state index contributed by atoms with van der Waals surface area (Å²) in [5.41, 5.74) is -1.03. The summed E-state index contributed by atoms with van der Waals surface area (Å²) in [6.07, 6.45) is -1.73. The minimum atomic E-state index is -3.14. The van der Waals surface area contributed by atoms with E-state index < -0.39 is 35.2 Å². The number of nitrogens with one attached hydrogen (secondary N) is 1. The number of halogens is 3. The summed E-state index contributed by atoms with van der Waals surface area (Å²) >= 11 is 5.83. The minimum absolute atomic E-state index is 0.00245. The smallest absolute Gasteiger partial charge is 0.292 e. The van der Waals surface area contributed by atoms with Crippen molar-refractivity contribution in [1.82, 2.24) is 24.5 Å². The molecule has 13 heteroatoms. The van der Waals surface area contributed by atoms with Gasteiger partial charge >= 0.3 is 5.69 Å². The van der Waals surface area contributed by atoms with E-state index in [2.05, 4.69) is 20.5 Å². The lowest BCUT2D eigenvalue weighted by atomic mass is 10.2. The summed E-state index contributed by atoms with van der Waals surface area (Å²) in [6.45, 7) is 1.12. The number of nitrogens with zero attached hydrogens (tertiary/aromatic N) is 6. The van der Waals surface area contributed by atoms with Crippen molar-refractivity contribution in [2.45, 2.75) is 26.4 Å². The Bertz CT molecular complexity index is 1050. The van der Waals surface area contributed by atoms with Gasteiger partial charge in [-0.3, -0.25) is 24.9 Å². The first-order valence-corrected chi connectivity index (χ1v) is 8.56. The number of amides is 1. The third-order valence-corrected chi connectivity index (χ3v) is 4.18. The fraction of sp³-hybridized carbons (Fsp3) is 0.250. The van der Waals surface area contributed by atoms with Gasteiger partial charge in [-0.15, -0.1) is 5.10 Å². The number of alkyl halides is 2. The Kier molecular flexibility index (Phi) is 5.82. The van der Waals surface area contributed by atoms with E-state index in [1.54, 1.807) is 12.1 Å². The Morgan fingerprint density at radius 1 is 1.31 bits per heavy atom. The van der Waals surface area contributed by atoms with Gasteiger partial charge in [0.25, 0.3) is 6.43 Å². The first-order chi connectivity index (χ1) is 13.7. The van der Waals surface area contributed by atoms with Crippen LogP contribution >= 0.6 is 11.6 Å². The molecule has 2 aromatic heterocycles. The van der Waals surface area contributed by atoms with Crippen molar-refractivity contribution in [3.05, 3.63) is 62.7 Å². The largest absolute Gasteiger partial charge is 0.319 e. The maximum Gasteiger partial charge on any atom is 0.319 e. The lowest BCUT2D eigenvalue weighted by Gasteiger charge is -2.03. The van der Waals surface area contributed by atoms with Crippen LogP contribution in [-0.4, -0.2) is 35.4 Å². The van der Waals surface area contributed by atoms with Gasteiger partial charge in [-0.2, -0.15) is 5.10 Å². The van der Waals surface area contributed by atoms with Crippen molar-refractivity contribution in [2.24, 2.45) is 0 Å². The average molecular weight is 426 g/mol. The molecule has 0 aliphatic heterocycles. The maximum absolute atomic E-state index is 13.0. The fourth-order valence-corrected chi connectivity index (χ4v) is 2.72. The highest BCUT2D eigenvalue weighted by atomic mass is 35.5. The van der Waals surface area contributed by atoms with Gasteiger partial charge in [-0.1, -0.05) is 23.7 Å². The highest BCUT2D eigenvalue weighted by molar-refractivity contribution is 6.30. The molecule has 0 aliphatic carbocycles. The van der Waals surface area contributed by atoms with Crippen LogP contribution in [0, 0.1) is 17.0 Å². The minimum Gasteiger partial charge on any atom is -0.292 e. The van der Waals surface area contributed by atoms with Crippen LogP contribution in [0.1, 0.15) is 23.4 Å². The quantitative estimate of drug-likeness (QED) is 0.459. The molecule has 0 atom stereocenters. The molecule has 1 aromatic carbocycles. The van der Waals surface area contributed by atoms with Gasteiger partial charge in [0, 0.05) is 5.02 Å². The predicted octanol–water partition coefficient (Wildman–Crippen LogP) is 2.97. The number of benzene rings is 1. The molecule has 3 rings (SSSR count). The summed E-state index contributed by atoms with van der Waals surface area (Å²) < 4.78 is 28.2. The van der Waals surface area contributed by atoms with E-state index in [1.165, 1.54) is 17.9 Å². The van der Waals surface area contributed by atoms with Gasteiger partial charge in [-0.25, -0.2) is 18.4 Å². The number of anilines is 1. The molecular weight excluding hydrogens is 412 g/mol. The van der Waals surface area contributed by atoms with Crippen LogP contribution in [0.4, 0.5) is 20.4 Å². The molecule has 1 N–H and O–H groups in total. The van der Waals surface area contributed by atoms with E-state index in [0.717, 1.165) is 10.2 Å². The highest BCUT2D eigenvalue weighted by Crippen LogP contribution is 2.30. The zero-order valence-corrected chi connectivity index (χ0v) is 15.7. The molecule has 0 bridgehead atoms. The van der Waals surface area contributed by atoms with E-state index in [-0.39, 0.29) is 11.6 Å². The molecule has 0 saturated heterocycles. The normalized spacial score (nSPS) is 11.1. The Balaban J connectivity index is 1.67. The van der Waals surface area contributed by atoms with Gasteiger partial charge in [0.2, 0.25) is 17.5 Å². The Labute approximate surface area is 167 Å². The third-order valence-electron chi connectivity index (χ3n) is 3.93. The third kappa shape index (κ3) is 4.71. The second kappa shape index (κ2) is 8.31. The molecule has 0 spiro atoms. The van der Waals surface area contributed by atoms with E-state index in [1.807, 2.05) is 12.1 Å². The van der Waals surface area contributed by atoms with Crippen LogP contribution in [0.15, 0.2) is 30.6 Å². The summed E-state index contributed by atoms with van der Waals surface area (Å²) in [7, 11) is 0. The van der Waals surface area contributed by atoms with Gasteiger partial charge in [-0.05, 0) is 24.6 Å². The molecule has 1 amide bonds. The number of hydrogen-bond donors (Lipinski definition) is 1. The summed E-state index contributed by atoms with van der Waals surface area (Å²) in [4.78, 5) is 26.2. The zero-order valence-electron chi connectivity index (χ0n) is 14.9. The van der Waals surface area contributed by atoms with Crippen molar-refractivity contribution in [3.8, 4) is 0 Å². The molecule has 0 aliphatic rings. The lowest BCUT2D eigenvalue weighted by molar-refractivity contribution is -0.386. The molecule has 10 nitrogen and oxygen atoms in total. The number of carbonyl (C=O) groups excluding carboxylic acids is 1. The lowest BCUT2D eigenvalue weighted by Crippen LogP contribution is -2.21. The first-order valence-electron chi connectivity index (χ1n) is 8.18. The summed E-state index contributed by atoms with van der Waals surface area (Å²) in [6, 6.07) is 7.10. The second-order valence-electron chi connectivity index (χ2n) is 5.98. The number of nitro groups is 1. The highest BCUT2D eigenvalue weighted by Gasteiger charge is 2.31. The van der Waals surface area contributed by atoms with Crippen LogP contribution in [-0.2, 0) is 17.9 Å². The zero-order chi connectivity index (χ0) is 21.1. The fourth-order valence-electron chi connectivity index (χ4n) is 2.59. The topological polar surface area (TPSA) is 121 Å². The number of aromatic nitrogens is 5. The van der Waals surface area contributed by atoms with E-state index in [0.29, 0.717) is 11.6 Å². The summed E-state index contributed by atoms with van der Waals surface area (Å²) in [5, 5.41) is 21.6. The van der Waals surface area contributed by atoms with Gasteiger partial charge in [0.15, 0.2) is 0 Å². The van der Waals surface area contributed by atoms with Crippen molar-refractivity contribution in [2.75, 3.05) is 5.32 Å². The molecular formula is C16H14ClF2N7O3. The maximum atomic E-state index is 13.0. The number of carbonyl (C=O) groups is 1. The van der Waals surface area contributed by atoms with Gasteiger partial charge < -0.3 is 0 Å². The second-order valence-corrected chi connectivity index (χ2v) is 6.41. The van der Waals surface area contributed by atoms with Crippen molar-refractivity contribution in [3.63, 3.8) is 0 Å². The first kappa shape index (κ1) is 20.3. The Morgan fingerprint density at radius 2 is 2.00 bits per heavy atom. The van der Waals surface area contributed by atoms with Crippen LogP contribution in [0.5, 0.6) is 0 Å². The molecule has 152 valence electrons. The molecule has 2 heterocycles.